The van der Waals surface area contributed by atoms with E-state index in [9.17, 15) is 13.5 Å². The Morgan fingerprint density at radius 2 is 1.79 bits per heavy atom. The lowest BCUT2D eigenvalue weighted by Crippen LogP contribution is -2.10. The number of hydrogen-bond donors (Lipinski definition) is 1. The molecule has 0 spiro atoms. The van der Waals surface area contributed by atoms with Crippen LogP contribution in [0.3, 0.4) is 0 Å². The molecule has 0 aliphatic heterocycles. The molecule has 1 atom stereocenters. The maximum atomic E-state index is 11.4. The van der Waals surface area contributed by atoms with E-state index in [1.807, 2.05) is 26.0 Å². The van der Waals surface area contributed by atoms with Gasteiger partial charge >= 0.3 is 0 Å². The minimum absolute atomic E-state index is 0.148. The van der Waals surface area contributed by atoms with Gasteiger partial charge in [-0.25, -0.2) is 8.42 Å². The van der Waals surface area contributed by atoms with Crippen LogP contribution in [0.2, 0.25) is 0 Å². The summed E-state index contributed by atoms with van der Waals surface area (Å²) < 4.78 is 23.8. The number of aryl methyl sites for hydroxylation is 2. The minimum Gasteiger partial charge on any atom is -0.388 e. The number of hydrogen-bond acceptors (Lipinski definition) is 3. The smallest absolute Gasteiger partial charge is 0.150 e. The van der Waals surface area contributed by atoms with Crippen LogP contribution < -0.4 is 0 Å². The van der Waals surface area contributed by atoms with Crippen LogP contribution in [-0.2, 0) is 9.84 Å². The number of sulfone groups is 1. The molecule has 0 amide bonds. The molecule has 19 heavy (non-hydrogen) atoms. The van der Waals surface area contributed by atoms with Gasteiger partial charge in [0.25, 0.3) is 0 Å². The van der Waals surface area contributed by atoms with E-state index in [1.165, 1.54) is 0 Å². The summed E-state index contributed by atoms with van der Waals surface area (Å²) in [6, 6.07) is 3.88. The fourth-order valence-corrected chi connectivity index (χ4v) is 3.10. The fourth-order valence-electron chi connectivity index (χ4n) is 1.98. The van der Waals surface area contributed by atoms with Crippen molar-refractivity contribution < 1.29 is 13.5 Å². The van der Waals surface area contributed by atoms with E-state index in [1.54, 1.807) is 6.92 Å². The lowest BCUT2D eigenvalue weighted by Gasteiger charge is -2.14. The first kappa shape index (κ1) is 16.7. The summed E-state index contributed by atoms with van der Waals surface area (Å²) in [5.74, 6) is 0.314. The van der Waals surface area contributed by atoms with E-state index in [4.69, 9.17) is 0 Å². The summed E-state index contributed by atoms with van der Waals surface area (Å²) in [6.07, 6.45) is 0.364. The molecule has 5 heteroatoms. The van der Waals surface area contributed by atoms with Crippen LogP contribution in [0.15, 0.2) is 16.6 Å². The highest BCUT2D eigenvalue weighted by Gasteiger charge is 2.13. The number of halogens is 1. The lowest BCUT2D eigenvalue weighted by molar-refractivity contribution is 0.166. The molecule has 1 rings (SSSR count). The molecule has 0 bridgehead atoms. The zero-order valence-corrected chi connectivity index (χ0v) is 14.0. The second kappa shape index (κ2) is 6.86. The first-order chi connectivity index (χ1) is 8.76. The summed E-state index contributed by atoms with van der Waals surface area (Å²) in [7, 11) is -2.94. The molecule has 0 saturated carbocycles. The molecule has 0 aromatic heterocycles. The maximum absolute atomic E-state index is 11.4. The molecule has 1 aromatic carbocycles. The molecule has 0 saturated heterocycles. The summed E-state index contributed by atoms with van der Waals surface area (Å²) in [5.41, 5.74) is 3.01. The highest BCUT2D eigenvalue weighted by atomic mass is 79.9. The third-order valence-electron chi connectivity index (χ3n) is 3.22. The monoisotopic (exact) mass is 348 g/mol. The van der Waals surface area contributed by atoms with Gasteiger partial charge in [0.05, 0.1) is 11.9 Å². The summed E-state index contributed by atoms with van der Waals surface area (Å²) >= 11 is 3.49. The van der Waals surface area contributed by atoms with Gasteiger partial charge in [-0.3, -0.25) is 0 Å². The highest BCUT2D eigenvalue weighted by molar-refractivity contribution is 9.10. The van der Waals surface area contributed by atoms with E-state index in [0.717, 1.165) is 21.2 Å². The molecule has 0 aliphatic carbocycles. The van der Waals surface area contributed by atoms with Crippen LogP contribution in [0, 0.1) is 13.8 Å². The predicted octanol–water partition coefficient (Wildman–Crippen LogP) is 3.31. The Balaban J connectivity index is 2.67. The predicted molar refractivity (Wildman–Crippen MR) is 82.1 cm³/mol. The van der Waals surface area contributed by atoms with Crippen molar-refractivity contribution in [2.45, 2.75) is 39.7 Å². The molecule has 1 N–H and O–H groups in total. The highest BCUT2D eigenvalue weighted by Crippen LogP contribution is 2.27. The van der Waals surface area contributed by atoms with Crippen LogP contribution >= 0.6 is 15.9 Å². The van der Waals surface area contributed by atoms with E-state index >= 15 is 0 Å². The average Bonchev–Trinajstić information content (AvgIpc) is 2.35. The van der Waals surface area contributed by atoms with Crippen molar-refractivity contribution in [1.29, 1.82) is 0 Å². The first-order valence-corrected chi connectivity index (χ1v) is 9.03. The number of aliphatic hydroxyl groups is 1. The molecule has 1 unspecified atom stereocenters. The number of benzene rings is 1. The number of rotatable bonds is 6. The van der Waals surface area contributed by atoms with Crippen LogP contribution in [0.5, 0.6) is 0 Å². The van der Waals surface area contributed by atoms with Gasteiger partial charge in [0.2, 0.25) is 0 Å². The lowest BCUT2D eigenvalue weighted by atomic mass is 10.0. The molecular weight excluding hydrogens is 328 g/mol. The Bertz CT molecular complexity index is 515. The second-order valence-electron chi connectivity index (χ2n) is 4.86. The SMILES string of the molecule is CCS(=O)(=O)CCCC(O)c1cc(C)c(Br)c(C)c1. The molecule has 0 aliphatic rings. The van der Waals surface area contributed by atoms with Crippen molar-refractivity contribution in [2.75, 3.05) is 11.5 Å². The minimum atomic E-state index is -2.94. The normalized spacial score (nSPS) is 13.5. The Morgan fingerprint density at radius 1 is 1.26 bits per heavy atom. The Hall–Kier alpha value is -0.390. The van der Waals surface area contributed by atoms with Gasteiger partial charge in [-0.2, -0.15) is 0 Å². The van der Waals surface area contributed by atoms with Gasteiger partial charge in [0.1, 0.15) is 9.84 Å². The zero-order chi connectivity index (χ0) is 14.6. The van der Waals surface area contributed by atoms with Crippen LogP contribution in [0.4, 0.5) is 0 Å². The molecule has 1 aromatic rings. The van der Waals surface area contributed by atoms with Gasteiger partial charge in [-0.15, -0.1) is 0 Å². The molecule has 0 fully saturated rings. The molecule has 3 nitrogen and oxygen atoms in total. The van der Waals surface area contributed by atoms with Crippen LogP contribution in [-0.4, -0.2) is 25.0 Å². The van der Waals surface area contributed by atoms with E-state index in [0.29, 0.717) is 12.8 Å². The molecular formula is C14H21BrO3S. The summed E-state index contributed by atoms with van der Waals surface area (Å²) in [4.78, 5) is 0. The van der Waals surface area contributed by atoms with Crippen molar-refractivity contribution in [1.82, 2.24) is 0 Å². The molecule has 108 valence electrons. The van der Waals surface area contributed by atoms with Gasteiger partial charge in [0.15, 0.2) is 0 Å². The van der Waals surface area contributed by atoms with Crippen LogP contribution in [0.1, 0.15) is 42.6 Å². The van der Waals surface area contributed by atoms with Crippen molar-refractivity contribution in [2.24, 2.45) is 0 Å². The van der Waals surface area contributed by atoms with Crippen molar-refractivity contribution >= 4 is 25.8 Å². The van der Waals surface area contributed by atoms with Gasteiger partial charge in [-0.1, -0.05) is 35.0 Å². The Morgan fingerprint density at radius 3 is 2.26 bits per heavy atom. The third kappa shape index (κ3) is 4.89. The number of aliphatic hydroxyl groups excluding tert-OH is 1. The van der Waals surface area contributed by atoms with Gasteiger partial charge < -0.3 is 5.11 Å². The van der Waals surface area contributed by atoms with Crippen molar-refractivity contribution in [3.63, 3.8) is 0 Å². The van der Waals surface area contributed by atoms with E-state index < -0.39 is 15.9 Å². The standard InChI is InChI=1S/C14H21BrO3S/c1-4-19(17,18)7-5-6-13(16)12-8-10(2)14(15)11(3)9-12/h8-9,13,16H,4-7H2,1-3H3. The van der Waals surface area contributed by atoms with Gasteiger partial charge in [-0.05, 0) is 43.4 Å². The third-order valence-corrected chi connectivity index (χ3v) is 6.26. The quantitative estimate of drug-likeness (QED) is 0.857. The van der Waals surface area contributed by atoms with Crippen LogP contribution in [0.25, 0.3) is 0 Å². The summed E-state index contributed by atoms with van der Waals surface area (Å²) in [6.45, 7) is 5.61. The maximum Gasteiger partial charge on any atom is 0.150 e. The van der Waals surface area contributed by atoms with E-state index in [-0.39, 0.29) is 11.5 Å². The molecule has 0 radical (unpaired) electrons. The van der Waals surface area contributed by atoms with Crippen molar-refractivity contribution in [3.8, 4) is 0 Å². The average molecular weight is 349 g/mol. The Kier molecular flexibility index (Phi) is 6.02. The topological polar surface area (TPSA) is 54.4 Å². The Labute approximate surface area is 124 Å². The van der Waals surface area contributed by atoms with E-state index in [2.05, 4.69) is 15.9 Å². The largest absolute Gasteiger partial charge is 0.388 e. The van der Waals surface area contributed by atoms with Crippen molar-refractivity contribution in [3.05, 3.63) is 33.3 Å². The van der Waals surface area contributed by atoms with Gasteiger partial charge in [0, 0.05) is 10.2 Å². The first-order valence-electron chi connectivity index (χ1n) is 6.42. The summed E-state index contributed by atoms with van der Waals surface area (Å²) in [5, 5.41) is 10.1. The molecule has 0 heterocycles. The fraction of sp³-hybridized carbons (Fsp3) is 0.571. The zero-order valence-electron chi connectivity index (χ0n) is 11.6. The second-order valence-corrected chi connectivity index (χ2v) is 8.13.